The van der Waals surface area contributed by atoms with Gasteiger partial charge in [-0.05, 0) is 18.2 Å². The third-order valence-electron chi connectivity index (χ3n) is 2.91. The number of anilines is 2. The molecule has 0 heterocycles. The highest BCUT2D eigenvalue weighted by Crippen LogP contribution is 2.29. The number of para-hydroxylation sites is 2. The van der Waals surface area contributed by atoms with Gasteiger partial charge < -0.3 is 10.0 Å². The number of hydrogen-bond donors (Lipinski definition) is 1. The second-order valence-corrected chi connectivity index (χ2v) is 3.97. The maximum atomic E-state index is 9.35. The molecule has 1 N–H and O–H groups in total. The number of rotatable bonds is 3. The lowest BCUT2D eigenvalue weighted by molar-refractivity contribution is 0.282. The minimum absolute atomic E-state index is 0.0186. The molecule has 0 aliphatic rings. The zero-order chi connectivity index (χ0) is 13.0. The topological polar surface area (TPSA) is 47.3 Å². The van der Waals surface area contributed by atoms with Crippen molar-refractivity contribution in [2.24, 2.45) is 0 Å². The third-order valence-corrected chi connectivity index (χ3v) is 2.91. The molecular weight excluding hydrogens is 224 g/mol. The van der Waals surface area contributed by atoms with Gasteiger partial charge in [0.1, 0.15) is 6.07 Å². The van der Waals surface area contributed by atoms with E-state index >= 15 is 0 Å². The van der Waals surface area contributed by atoms with Gasteiger partial charge in [-0.3, -0.25) is 0 Å². The first-order chi connectivity index (χ1) is 8.77. The van der Waals surface area contributed by atoms with Crippen molar-refractivity contribution in [3.8, 4) is 6.07 Å². The van der Waals surface area contributed by atoms with Crippen LogP contribution in [0.4, 0.5) is 11.4 Å². The fourth-order valence-corrected chi connectivity index (χ4v) is 1.96. The van der Waals surface area contributed by atoms with Gasteiger partial charge >= 0.3 is 0 Å². The molecule has 0 fully saturated rings. The molecule has 0 radical (unpaired) electrons. The molecule has 0 atom stereocenters. The van der Waals surface area contributed by atoms with Crippen LogP contribution >= 0.6 is 0 Å². The molecule has 0 bridgehead atoms. The fraction of sp³-hybridized carbons (Fsp3) is 0.133. The smallest absolute Gasteiger partial charge is 0.101 e. The van der Waals surface area contributed by atoms with Crippen molar-refractivity contribution in [1.82, 2.24) is 0 Å². The van der Waals surface area contributed by atoms with Crippen LogP contribution in [-0.2, 0) is 6.61 Å². The van der Waals surface area contributed by atoms with E-state index in [1.165, 1.54) is 0 Å². The second-order valence-electron chi connectivity index (χ2n) is 3.97. The quantitative estimate of drug-likeness (QED) is 0.894. The van der Waals surface area contributed by atoms with Crippen molar-refractivity contribution in [3.05, 3.63) is 59.7 Å². The lowest BCUT2D eigenvalue weighted by Crippen LogP contribution is -2.13. The minimum atomic E-state index is -0.0186. The number of aliphatic hydroxyl groups excluding tert-OH is 1. The van der Waals surface area contributed by atoms with Crippen LogP contribution < -0.4 is 4.90 Å². The number of hydrogen-bond acceptors (Lipinski definition) is 3. The molecule has 0 aliphatic heterocycles. The van der Waals surface area contributed by atoms with Crippen molar-refractivity contribution in [2.75, 3.05) is 11.9 Å². The Bertz CT molecular complexity index is 587. The Hall–Kier alpha value is -2.31. The Balaban J connectivity index is 2.48. The molecule has 2 aromatic rings. The first-order valence-electron chi connectivity index (χ1n) is 5.69. The average Bonchev–Trinajstić information content (AvgIpc) is 2.46. The second kappa shape index (κ2) is 5.35. The first-order valence-corrected chi connectivity index (χ1v) is 5.69. The Morgan fingerprint density at radius 2 is 1.67 bits per heavy atom. The standard InChI is InChI=1S/C15H14N2O/c1-17(14-8-4-2-6-12(14)10-16)15-9-5-3-7-13(15)11-18/h2-9,18H,11H2,1H3. The van der Waals surface area contributed by atoms with Crippen LogP contribution in [0.1, 0.15) is 11.1 Å². The van der Waals surface area contributed by atoms with Crippen LogP contribution in [0.2, 0.25) is 0 Å². The van der Waals surface area contributed by atoms with Gasteiger partial charge in [0.2, 0.25) is 0 Å². The molecule has 3 heteroatoms. The predicted octanol–water partition coefficient (Wildman–Crippen LogP) is 2.82. The molecule has 0 saturated heterocycles. The van der Waals surface area contributed by atoms with Crippen molar-refractivity contribution >= 4 is 11.4 Å². The summed E-state index contributed by atoms with van der Waals surface area (Å²) < 4.78 is 0. The lowest BCUT2D eigenvalue weighted by Gasteiger charge is -2.22. The Morgan fingerprint density at radius 1 is 1.06 bits per heavy atom. The summed E-state index contributed by atoms with van der Waals surface area (Å²) in [7, 11) is 1.89. The normalized spacial score (nSPS) is 9.83. The monoisotopic (exact) mass is 238 g/mol. The van der Waals surface area contributed by atoms with E-state index in [1.807, 2.05) is 54.4 Å². The van der Waals surface area contributed by atoms with Gasteiger partial charge in [0.05, 0.1) is 17.9 Å². The van der Waals surface area contributed by atoms with E-state index in [-0.39, 0.29) is 6.61 Å². The maximum absolute atomic E-state index is 9.35. The molecular formula is C15H14N2O. The van der Waals surface area contributed by atoms with Gasteiger partial charge in [0.15, 0.2) is 0 Å². The molecule has 2 rings (SSSR count). The fourth-order valence-electron chi connectivity index (χ4n) is 1.96. The summed E-state index contributed by atoms with van der Waals surface area (Å²) in [5.74, 6) is 0. The lowest BCUT2D eigenvalue weighted by atomic mass is 10.1. The van der Waals surface area contributed by atoms with Gasteiger partial charge in [-0.1, -0.05) is 30.3 Å². The largest absolute Gasteiger partial charge is 0.392 e. The van der Waals surface area contributed by atoms with Crippen LogP contribution in [0.15, 0.2) is 48.5 Å². The van der Waals surface area contributed by atoms with Crippen molar-refractivity contribution < 1.29 is 5.11 Å². The van der Waals surface area contributed by atoms with E-state index in [2.05, 4.69) is 6.07 Å². The summed E-state index contributed by atoms with van der Waals surface area (Å²) >= 11 is 0. The Kier molecular flexibility index (Phi) is 3.61. The molecule has 3 nitrogen and oxygen atoms in total. The van der Waals surface area contributed by atoms with E-state index in [0.717, 1.165) is 16.9 Å². The molecule has 0 aromatic heterocycles. The van der Waals surface area contributed by atoms with Crippen molar-refractivity contribution in [1.29, 1.82) is 5.26 Å². The maximum Gasteiger partial charge on any atom is 0.101 e. The Labute approximate surface area is 107 Å². The third kappa shape index (κ3) is 2.20. The summed E-state index contributed by atoms with van der Waals surface area (Å²) in [5, 5.41) is 18.5. The number of nitriles is 1. The SMILES string of the molecule is CN(c1ccccc1C#N)c1ccccc1CO. The predicted molar refractivity (Wildman–Crippen MR) is 71.6 cm³/mol. The van der Waals surface area contributed by atoms with Gasteiger partial charge in [0, 0.05) is 18.3 Å². The van der Waals surface area contributed by atoms with Gasteiger partial charge in [-0.25, -0.2) is 0 Å². The summed E-state index contributed by atoms with van der Waals surface area (Å²) in [6.07, 6.45) is 0. The van der Waals surface area contributed by atoms with Crippen LogP contribution in [0, 0.1) is 11.3 Å². The van der Waals surface area contributed by atoms with Crippen LogP contribution in [-0.4, -0.2) is 12.2 Å². The zero-order valence-electron chi connectivity index (χ0n) is 10.2. The average molecular weight is 238 g/mol. The highest BCUT2D eigenvalue weighted by molar-refractivity contribution is 5.70. The molecule has 0 spiro atoms. The first kappa shape index (κ1) is 12.2. The highest BCUT2D eigenvalue weighted by atomic mass is 16.3. The summed E-state index contributed by atoms with van der Waals surface area (Å²) in [5.41, 5.74) is 3.20. The molecule has 0 aliphatic carbocycles. The molecule has 0 unspecified atom stereocenters. The van der Waals surface area contributed by atoms with Gasteiger partial charge in [-0.2, -0.15) is 5.26 Å². The van der Waals surface area contributed by atoms with Crippen LogP contribution in [0.5, 0.6) is 0 Å². The zero-order valence-corrected chi connectivity index (χ0v) is 10.2. The number of benzene rings is 2. The summed E-state index contributed by atoms with van der Waals surface area (Å²) in [4.78, 5) is 1.92. The number of nitrogens with zero attached hydrogens (tertiary/aromatic N) is 2. The molecule has 2 aromatic carbocycles. The van der Waals surface area contributed by atoms with Crippen molar-refractivity contribution in [3.63, 3.8) is 0 Å². The van der Waals surface area contributed by atoms with E-state index in [4.69, 9.17) is 5.26 Å². The minimum Gasteiger partial charge on any atom is -0.392 e. The molecule has 18 heavy (non-hydrogen) atoms. The van der Waals surface area contributed by atoms with E-state index in [0.29, 0.717) is 5.56 Å². The van der Waals surface area contributed by atoms with Gasteiger partial charge in [-0.15, -0.1) is 0 Å². The van der Waals surface area contributed by atoms with Crippen LogP contribution in [0.3, 0.4) is 0 Å². The van der Waals surface area contributed by atoms with Gasteiger partial charge in [0.25, 0.3) is 0 Å². The summed E-state index contributed by atoms with van der Waals surface area (Å²) in [6.45, 7) is -0.0186. The van der Waals surface area contributed by atoms with E-state index in [1.54, 1.807) is 6.07 Å². The van der Waals surface area contributed by atoms with E-state index in [9.17, 15) is 5.11 Å². The van der Waals surface area contributed by atoms with E-state index < -0.39 is 0 Å². The van der Waals surface area contributed by atoms with Crippen molar-refractivity contribution in [2.45, 2.75) is 6.61 Å². The highest BCUT2D eigenvalue weighted by Gasteiger charge is 2.11. The number of aliphatic hydroxyl groups is 1. The molecule has 0 amide bonds. The molecule has 0 saturated carbocycles. The summed E-state index contributed by atoms with van der Waals surface area (Å²) in [6, 6.07) is 17.2. The Morgan fingerprint density at radius 3 is 2.33 bits per heavy atom. The molecule has 90 valence electrons. The van der Waals surface area contributed by atoms with Crippen LogP contribution in [0.25, 0.3) is 0 Å².